The molecule has 1 unspecified atom stereocenters. The highest BCUT2D eigenvalue weighted by Crippen LogP contribution is 2.89. The maximum absolute atomic E-state index is 12.1. The highest BCUT2D eigenvalue weighted by molar-refractivity contribution is 5.33. The van der Waals surface area contributed by atoms with Crippen LogP contribution in [0.25, 0.3) is 0 Å². The number of aliphatic hydroxyl groups is 6. The first-order valence-electron chi connectivity index (χ1n) is 17.4. The monoisotopic (exact) mass is 622 g/mol. The van der Waals surface area contributed by atoms with Crippen molar-refractivity contribution in [2.24, 2.45) is 44.8 Å². The largest absolute Gasteiger partial charge is 0.393 e. The lowest BCUT2D eigenvalue weighted by molar-refractivity contribution is -0.306. The molecule has 2 spiro atoms. The third-order valence-electron chi connectivity index (χ3n) is 15.5. The fourth-order valence-corrected chi connectivity index (χ4v) is 13.4. The Hall–Kier alpha value is -0.360. The van der Waals surface area contributed by atoms with Crippen LogP contribution in [0, 0.1) is 44.8 Å². The van der Waals surface area contributed by atoms with Crippen molar-refractivity contribution < 1.29 is 44.8 Å². The van der Waals surface area contributed by atoms with Crippen molar-refractivity contribution in [3.05, 3.63) is 0 Å². The van der Waals surface area contributed by atoms with Gasteiger partial charge in [0.1, 0.15) is 18.3 Å². The summed E-state index contributed by atoms with van der Waals surface area (Å²) in [5.41, 5.74) is -2.01. The molecule has 5 aliphatic carbocycles. The van der Waals surface area contributed by atoms with Crippen LogP contribution in [0.3, 0.4) is 0 Å². The van der Waals surface area contributed by atoms with E-state index in [-0.39, 0.29) is 52.3 Å². The smallest absolute Gasteiger partial charge is 0.186 e. The van der Waals surface area contributed by atoms with Crippen LogP contribution in [0.15, 0.2) is 0 Å². The van der Waals surface area contributed by atoms with Gasteiger partial charge in [0.2, 0.25) is 0 Å². The molecule has 9 heteroatoms. The summed E-state index contributed by atoms with van der Waals surface area (Å²) in [6, 6.07) is 0. The van der Waals surface area contributed by atoms with Crippen LogP contribution in [0.2, 0.25) is 0 Å². The number of fused-ring (bicyclic) bond motifs is 2. The Morgan fingerprint density at radius 3 is 2.11 bits per heavy atom. The van der Waals surface area contributed by atoms with Crippen LogP contribution in [0.1, 0.15) is 106 Å². The van der Waals surface area contributed by atoms with Gasteiger partial charge in [0.15, 0.2) is 6.29 Å². The van der Waals surface area contributed by atoms with Crippen molar-refractivity contribution in [1.29, 1.82) is 0 Å². The topological polar surface area (TPSA) is 149 Å². The molecule has 6 N–H and O–H groups in total. The molecule has 7 rings (SSSR count). The molecular formula is C35H58O9. The molecule has 5 saturated carbocycles. The van der Waals surface area contributed by atoms with E-state index in [1.165, 1.54) is 0 Å². The van der Waals surface area contributed by atoms with E-state index in [4.69, 9.17) is 14.2 Å². The number of hydrogen-bond acceptors (Lipinski definition) is 9. The van der Waals surface area contributed by atoms with E-state index in [9.17, 15) is 30.6 Å². The van der Waals surface area contributed by atoms with E-state index in [2.05, 4.69) is 34.6 Å². The van der Waals surface area contributed by atoms with Gasteiger partial charge in [-0.3, -0.25) is 0 Å². The quantitative estimate of drug-likeness (QED) is 0.260. The summed E-state index contributed by atoms with van der Waals surface area (Å²) in [6.07, 6.45) is 1.57. The van der Waals surface area contributed by atoms with Gasteiger partial charge in [-0.2, -0.15) is 0 Å². The molecule has 0 aromatic rings. The summed E-state index contributed by atoms with van der Waals surface area (Å²) in [5.74, 6) is 0.285. The van der Waals surface area contributed by atoms with E-state index in [1.807, 2.05) is 13.8 Å². The molecule has 2 heterocycles. The summed E-state index contributed by atoms with van der Waals surface area (Å²) >= 11 is 0. The third kappa shape index (κ3) is 3.97. The van der Waals surface area contributed by atoms with Crippen molar-refractivity contribution in [3.63, 3.8) is 0 Å². The highest BCUT2D eigenvalue weighted by atomic mass is 16.7. The zero-order valence-electron chi connectivity index (χ0n) is 27.8. The van der Waals surface area contributed by atoms with Crippen molar-refractivity contribution in [1.82, 2.24) is 0 Å². The molecule has 7 aliphatic rings. The maximum Gasteiger partial charge on any atom is 0.186 e. The lowest BCUT2D eigenvalue weighted by atomic mass is 9.41. The Kier molecular flexibility index (Phi) is 7.04. The minimum Gasteiger partial charge on any atom is -0.393 e. The fraction of sp³-hybridized carbons (Fsp3) is 1.00. The molecule has 0 amide bonds. The Morgan fingerprint density at radius 1 is 0.750 bits per heavy atom. The minimum absolute atomic E-state index is 0.00753. The maximum atomic E-state index is 12.1. The normalized spacial score (nSPS) is 59.8. The SMILES string of the molecule is CC(C)(O)[C@@H]1CC[C@](C)([C@H]2[C@@H](O)C[C@@]3(C)[C@@H]4C[C@H](O)[C@H]5C(C)(C)[C@@H](OC6OC[C@@H](O)[C@H](O)[C@H]6O)CC[C@@]56C[C@@]46CC[C@]23C)O1. The lowest BCUT2D eigenvalue weighted by Crippen LogP contribution is -2.63. The average molecular weight is 623 g/mol. The average Bonchev–Trinajstić information content (AvgIpc) is 3.27. The van der Waals surface area contributed by atoms with Gasteiger partial charge in [0, 0.05) is 5.92 Å². The first-order chi connectivity index (χ1) is 20.3. The second kappa shape index (κ2) is 9.63. The van der Waals surface area contributed by atoms with Gasteiger partial charge in [-0.25, -0.2) is 0 Å². The number of rotatable bonds is 4. The molecule has 0 bridgehead atoms. The predicted molar refractivity (Wildman–Crippen MR) is 161 cm³/mol. The van der Waals surface area contributed by atoms with E-state index in [1.54, 1.807) is 0 Å². The summed E-state index contributed by atoms with van der Waals surface area (Å²) in [4.78, 5) is 0. The van der Waals surface area contributed by atoms with Gasteiger partial charge in [-0.1, -0.05) is 27.7 Å². The van der Waals surface area contributed by atoms with Crippen molar-refractivity contribution in [3.8, 4) is 0 Å². The second-order valence-corrected chi connectivity index (χ2v) is 18.3. The third-order valence-corrected chi connectivity index (χ3v) is 15.5. The van der Waals surface area contributed by atoms with E-state index in [0.29, 0.717) is 18.8 Å². The van der Waals surface area contributed by atoms with Crippen molar-refractivity contribution in [2.75, 3.05) is 6.61 Å². The first kappa shape index (κ1) is 32.2. The number of hydrogen-bond donors (Lipinski definition) is 6. The molecule has 44 heavy (non-hydrogen) atoms. The van der Waals surface area contributed by atoms with Crippen LogP contribution < -0.4 is 0 Å². The summed E-state index contributed by atoms with van der Waals surface area (Å²) in [5, 5.41) is 65.5. The molecule has 0 aromatic heterocycles. The van der Waals surface area contributed by atoms with Gasteiger partial charge in [0.05, 0.1) is 42.2 Å². The zero-order chi connectivity index (χ0) is 32.0. The second-order valence-electron chi connectivity index (χ2n) is 18.3. The van der Waals surface area contributed by atoms with Gasteiger partial charge in [-0.05, 0) is 117 Å². The molecule has 0 aromatic carbocycles. The van der Waals surface area contributed by atoms with Gasteiger partial charge < -0.3 is 44.8 Å². The summed E-state index contributed by atoms with van der Waals surface area (Å²) in [7, 11) is 0. The Balaban J connectivity index is 1.15. The molecular weight excluding hydrogens is 564 g/mol. The van der Waals surface area contributed by atoms with Gasteiger partial charge in [-0.15, -0.1) is 0 Å². The zero-order valence-corrected chi connectivity index (χ0v) is 27.8. The molecule has 0 radical (unpaired) electrons. The van der Waals surface area contributed by atoms with E-state index in [0.717, 1.165) is 44.9 Å². The number of ether oxygens (including phenoxy) is 3. The van der Waals surface area contributed by atoms with E-state index < -0.39 is 53.4 Å². The Labute approximate surface area is 262 Å². The van der Waals surface area contributed by atoms with Crippen molar-refractivity contribution in [2.45, 2.75) is 166 Å². The molecule has 2 aliphatic heterocycles. The van der Waals surface area contributed by atoms with Crippen molar-refractivity contribution >= 4 is 0 Å². The van der Waals surface area contributed by atoms with Crippen LogP contribution in [0.4, 0.5) is 0 Å². The molecule has 252 valence electrons. The molecule has 16 atom stereocenters. The van der Waals surface area contributed by atoms with Crippen LogP contribution in [-0.2, 0) is 14.2 Å². The lowest BCUT2D eigenvalue weighted by Gasteiger charge is -2.64. The minimum atomic E-state index is -1.33. The molecule has 2 saturated heterocycles. The Bertz CT molecular complexity index is 1160. The van der Waals surface area contributed by atoms with Crippen LogP contribution in [0.5, 0.6) is 0 Å². The van der Waals surface area contributed by atoms with E-state index >= 15 is 0 Å². The highest BCUT2D eigenvalue weighted by Gasteiger charge is 2.85. The van der Waals surface area contributed by atoms with Gasteiger partial charge >= 0.3 is 0 Å². The Morgan fingerprint density at radius 2 is 1.45 bits per heavy atom. The first-order valence-corrected chi connectivity index (χ1v) is 17.4. The van der Waals surface area contributed by atoms with Gasteiger partial charge in [0.25, 0.3) is 0 Å². The molecule has 7 fully saturated rings. The van der Waals surface area contributed by atoms with Crippen LogP contribution >= 0.6 is 0 Å². The fourth-order valence-electron chi connectivity index (χ4n) is 13.4. The predicted octanol–water partition coefficient (Wildman–Crippen LogP) is 2.90. The number of aliphatic hydroxyl groups excluding tert-OH is 5. The standard InChI is InChI=1S/C35H58O9/c1-29(2)22(43-28-25(40)24(39)20(38)16-42-28)9-11-35-17-34(35)13-12-31(5)27(33(7)10-8-23(44-33)30(3,4)41)19(37)15-32(31,6)21(34)14-18(36)26(29)35/h18-28,36-41H,8-17H2,1-7H3/t18-,19-,20+,21-,22-,23-,24-,25+,26-,27-,28?,31+,32-,33+,34-,35+/m0/s1. The molecule has 9 nitrogen and oxygen atoms in total. The van der Waals surface area contributed by atoms with Crippen LogP contribution in [-0.4, -0.2) is 97.5 Å². The summed E-state index contributed by atoms with van der Waals surface area (Å²) < 4.78 is 18.7. The summed E-state index contributed by atoms with van der Waals surface area (Å²) in [6.45, 7) is 14.8.